The third kappa shape index (κ3) is 4.65. The lowest BCUT2D eigenvalue weighted by Gasteiger charge is -2.07. The highest BCUT2D eigenvalue weighted by atomic mass is 16.5. The number of anilines is 2. The van der Waals surface area contributed by atoms with E-state index in [1.54, 1.807) is 13.3 Å². The fourth-order valence-corrected chi connectivity index (χ4v) is 1.32. The molecule has 1 rings (SSSR count). The Morgan fingerprint density at radius 2 is 2.27 bits per heavy atom. The Morgan fingerprint density at radius 1 is 1.40 bits per heavy atom. The maximum atomic E-state index is 5.74. The van der Waals surface area contributed by atoms with E-state index in [1.807, 2.05) is 12.1 Å². The molecule has 0 aliphatic carbocycles. The smallest absolute Gasteiger partial charge is 0.149 e. The second-order valence-electron chi connectivity index (χ2n) is 3.42. The molecule has 0 radical (unpaired) electrons. The molecular formula is C11H19N3O. The summed E-state index contributed by atoms with van der Waals surface area (Å²) in [5.41, 5.74) is 6.44. The number of pyridine rings is 1. The Hall–Kier alpha value is -1.29. The van der Waals surface area contributed by atoms with Gasteiger partial charge in [-0.15, -0.1) is 0 Å². The van der Waals surface area contributed by atoms with Gasteiger partial charge in [0.15, 0.2) is 0 Å². The molecule has 1 aromatic heterocycles. The molecule has 1 aromatic rings. The molecule has 0 amide bonds. The monoisotopic (exact) mass is 209 g/mol. The van der Waals surface area contributed by atoms with Crippen molar-refractivity contribution in [2.75, 3.05) is 31.3 Å². The van der Waals surface area contributed by atoms with E-state index in [0.717, 1.165) is 38.2 Å². The van der Waals surface area contributed by atoms with Crippen molar-refractivity contribution in [3.8, 4) is 0 Å². The van der Waals surface area contributed by atoms with Gasteiger partial charge in [-0.05, 0) is 31.4 Å². The zero-order chi connectivity index (χ0) is 10.9. The van der Waals surface area contributed by atoms with Crippen LogP contribution in [-0.4, -0.2) is 25.2 Å². The van der Waals surface area contributed by atoms with Crippen LogP contribution in [0.4, 0.5) is 11.5 Å². The van der Waals surface area contributed by atoms with Crippen molar-refractivity contribution in [1.29, 1.82) is 0 Å². The molecule has 0 unspecified atom stereocenters. The summed E-state index contributed by atoms with van der Waals surface area (Å²) in [6.45, 7) is 1.75. The lowest BCUT2D eigenvalue weighted by Crippen LogP contribution is -2.06. The molecule has 0 spiro atoms. The number of ether oxygens (including phenoxy) is 1. The number of nitrogens with one attached hydrogen (secondary N) is 1. The van der Waals surface area contributed by atoms with E-state index in [4.69, 9.17) is 10.5 Å². The number of aromatic nitrogens is 1. The van der Waals surface area contributed by atoms with Gasteiger partial charge in [-0.25, -0.2) is 4.98 Å². The predicted molar refractivity (Wildman–Crippen MR) is 62.9 cm³/mol. The number of nitrogens with two attached hydrogens (primary N) is 1. The summed E-state index contributed by atoms with van der Waals surface area (Å²) >= 11 is 0. The highest BCUT2D eigenvalue weighted by molar-refractivity contribution is 5.60. The molecule has 0 aliphatic rings. The van der Waals surface area contributed by atoms with Crippen LogP contribution in [0.1, 0.15) is 19.3 Å². The summed E-state index contributed by atoms with van der Waals surface area (Å²) in [5.74, 6) is 0.782. The molecule has 0 aliphatic heterocycles. The van der Waals surface area contributed by atoms with Crippen molar-refractivity contribution in [1.82, 2.24) is 4.98 Å². The van der Waals surface area contributed by atoms with Gasteiger partial charge in [0.1, 0.15) is 5.82 Å². The van der Waals surface area contributed by atoms with E-state index >= 15 is 0 Å². The summed E-state index contributed by atoms with van der Waals surface area (Å²) in [6.07, 6.45) is 5.12. The lowest BCUT2D eigenvalue weighted by atomic mass is 10.2. The number of hydrogen-bond acceptors (Lipinski definition) is 4. The number of hydrogen-bond donors (Lipinski definition) is 2. The SMILES string of the molecule is COCCCCCNc1ncccc1N. The van der Waals surface area contributed by atoms with Crippen LogP contribution in [0.3, 0.4) is 0 Å². The molecule has 84 valence electrons. The summed E-state index contributed by atoms with van der Waals surface area (Å²) in [5, 5.41) is 3.21. The van der Waals surface area contributed by atoms with Gasteiger partial charge in [0.2, 0.25) is 0 Å². The molecule has 1 heterocycles. The Morgan fingerprint density at radius 3 is 3.00 bits per heavy atom. The number of rotatable bonds is 7. The fourth-order valence-electron chi connectivity index (χ4n) is 1.32. The van der Waals surface area contributed by atoms with Crippen molar-refractivity contribution < 1.29 is 4.74 Å². The first kappa shape index (κ1) is 11.8. The standard InChI is InChI=1S/C11H19N3O/c1-15-9-4-2-3-7-13-11-10(12)6-5-8-14-11/h5-6,8H,2-4,7,9,12H2,1H3,(H,13,14). The van der Waals surface area contributed by atoms with E-state index in [1.165, 1.54) is 0 Å². The third-order valence-corrected chi connectivity index (χ3v) is 2.16. The highest BCUT2D eigenvalue weighted by Crippen LogP contribution is 2.12. The number of nitrogens with zero attached hydrogens (tertiary/aromatic N) is 1. The van der Waals surface area contributed by atoms with Crippen LogP contribution in [0, 0.1) is 0 Å². The molecule has 4 heteroatoms. The lowest BCUT2D eigenvalue weighted by molar-refractivity contribution is 0.192. The predicted octanol–water partition coefficient (Wildman–Crippen LogP) is 1.89. The fraction of sp³-hybridized carbons (Fsp3) is 0.545. The van der Waals surface area contributed by atoms with E-state index in [0.29, 0.717) is 5.69 Å². The second-order valence-corrected chi connectivity index (χ2v) is 3.42. The molecule has 0 aromatic carbocycles. The first-order valence-corrected chi connectivity index (χ1v) is 5.28. The van der Waals surface area contributed by atoms with Crippen molar-refractivity contribution in [3.05, 3.63) is 18.3 Å². The molecule has 0 saturated carbocycles. The van der Waals surface area contributed by atoms with Gasteiger partial charge in [-0.1, -0.05) is 0 Å². The largest absolute Gasteiger partial charge is 0.396 e. The van der Waals surface area contributed by atoms with Crippen LogP contribution in [-0.2, 0) is 4.74 Å². The van der Waals surface area contributed by atoms with Crippen molar-refractivity contribution in [2.45, 2.75) is 19.3 Å². The van der Waals surface area contributed by atoms with Crippen LogP contribution in [0.25, 0.3) is 0 Å². The Kier molecular flexibility index (Phi) is 5.55. The van der Waals surface area contributed by atoms with E-state index in [9.17, 15) is 0 Å². The van der Waals surface area contributed by atoms with Gasteiger partial charge in [0, 0.05) is 26.5 Å². The average molecular weight is 209 g/mol. The van der Waals surface area contributed by atoms with Crippen LogP contribution < -0.4 is 11.1 Å². The molecular weight excluding hydrogens is 190 g/mol. The van der Waals surface area contributed by atoms with Crippen molar-refractivity contribution in [3.63, 3.8) is 0 Å². The van der Waals surface area contributed by atoms with Crippen LogP contribution in [0.5, 0.6) is 0 Å². The first-order chi connectivity index (χ1) is 7.34. The Bertz CT molecular complexity index is 278. The molecule has 3 N–H and O–H groups in total. The number of methoxy groups -OCH3 is 1. The van der Waals surface area contributed by atoms with Gasteiger partial charge < -0.3 is 15.8 Å². The molecule has 15 heavy (non-hydrogen) atoms. The number of unbranched alkanes of at least 4 members (excludes halogenated alkanes) is 2. The van der Waals surface area contributed by atoms with E-state index < -0.39 is 0 Å². The second kappa shape index (κ2) is 7.06. The van der Waals surface area contributed by atoms with Gasteiger partial charge in [0.25, 0.3) is 0 Å². The minimum Gasteiger partial charge on any atom is -0.396 e. The van der Waals surface area contributed by atoms with E-state index in [2.05, 4.69) is 10.3 Å². The summed E-state index contributed by atoms with van der Waals surface area (Å²) in [6, 6.07) is 3.68. The minimum absolute atomic E-state index is 0.703. The normalized spacial score (nSPS) is 10.2. The van der Waals surface area contributed by atoms with Crippen LogP contribution in [0.15, 0.2) is 18.3 Å². The average Bonchev–Trinajstić information content (AvgIpc) is 2.25. The maximum Gasteiger partial charge on any atom is 0.149 e. The molecule has 4 nitrogen and oxygen atoms in total. The summed E-state index contributed by atoms with van der Waals surface area (Å²) in [7, 11) is 1.73. The zero-order valence-corrected chi connectivity index (χ0v) is 9.20. The summed E-state index contributed by atoms with van der Waals surface area (Å²) < 4.78 is 4.97. The van der Waals surface area contributed by atoms with Gasteiger partial charge >= 0.3 is 0 Å². The van der Waals surface area contributed by atoms with Gasteiger partial charge in [-0.2, -0.15) is 0 Å². The third-order valence-electron chi connectivity index (χ3n) is 2.16. The van der Waals surface area contributed by atoms with Gasteiger partial charge in [-0.3, -0.25) is 0 Å². The summed E-state index contributed by atoms with van der Waals surface area (Å²) in [4.78, 5) is 4.15. The van der Waals surface area contributed by atoms with Crippen molar-refractivity contribution >= 4 is 11.5 Å². The highest BCUT2D eigenvalue weighted by Gasteiger charge is 1.96. The van der Waals surface area contributed by atoms with Crippen LogP contribution >= 0.6 is 0 Å². The number of nitrogen functional groups attached to an aromatic ring is 1. The Labute approximate surface area is 90.8 Å². The van der Waals surface area contributed by atoms with Gasteiger partial charge in [0.05, 0.1) is 5.69 Å². The van der Waals surface area contributed by atoms with E-state index in [-0.39, 0.29) is 0 Å². The maximum absolute atomic E-state index is 5.74. The Balaban J connectivity index is 2.12. The van der Waals surface area contributed by atoms with Crippen LogP contribution in [0.2, 0.25) is 0 Å². The molecule has 0 atom stereocenters. The van der Waals surface area contributed by atoms with Crippen molar-refractivity contribution in [2.24, 2.45) is 0 Å². The molecule has 0 fully saturated rings. The zero-order valence-electron chi connectivity index (χ0n) is 9.20. The molecule has 0 saturated heterocycles. The quantitative estimate of drug-likeness (QED) is 0.673. The topological polar surface area (TPSA) is 60.2 Å². The molecule has 0 bridgehead atoms. The minimum atomic E-state index is 0.703. The first-order valence-electron chi connectivity index (χ1n) is 5.28.